The highest BCUT2D eigenvalue weighted by Gasteiger charge is 2.47. The van der Waals surface area contributed by atoms with Crippen LogP contribution in [0.1, 0.15) is 32.3 Å². The zero-order valence-electron chi connectivity index (χ0n) is 15.8. The van der Waals surface area contributed by atoms with Gasteiger partial charge in [-0.2, -0.15) is 8.42 Å². The van der Waals surface area contributed by atoms with Gasteiger partial charge in [-0.15, -0.1) is 4.40 Å². The van der Waals surface area contributed by atoms with Gasteiger partial charge in [0.05, 0.1) is 5.92 Å². The molecule has 1 aromatic carbocycles. The molecule has 0 aliphatic carbocycles. The number of hydrogen-bond acceptors (Lipinski definition) is 7. The van der Waals surface area contributed by atoms with Crippen molar-refractivity contribution < 1.29 is 27.5 Å². The highest BCUT2D eigenvalue weighted by atomic mass is 32.2. The van der Waals surface area contributed by atoms with Gasteiger partial charge in [-0.3, -0.25) is 4.79 Å². The van der Waals surface area contributed by atoms with E-state index in [1.807, 2.05) is 18.7 Å². The van der Waals surface area contributed by atoms with Gasteiger partial charge in [0.2, 0.25) is 6.10 Å². The fourth-order valence-electron chi connectivity index (χ4n) is 3.79. The van der Waals surface area contributed by atoms with Gasteiger partial charge in [-0.05, 0) is 25.0 Å². The third-order valence-corrected chi connectivity index (χ3v) is 6.81. The number of cyclic esters (lactones) is 1. The Hall–Kier alpha value is -2.42. The number of benzene rings is 1. The van der Waals surface area contributed by atoms with Gasteiger partial charge >= 0.3 is 11.9 Å². The van der Waals surface area contributed by atoms with Crippen molar-refractivity contribution in [3.8, 4) is 0 Å². The van der Waals surface area contributed by atoms with Crippen molar-refractivity contribution >= 4 is 27.8 Å². The van der Waals surface area contributed by atoms with E-state index in [0.717, 1.165) is 0 Å². The number of ether oxygens (including phenoxy) is 2. The number of amidine groups is 1. The molecule has 3 heterocycles. The van der Waals surface area contributed by atoms with Gasteiger partial charge in [0.1, 0.15) is 11.5 Å². The number of sulfonamides is 1. The molecule has 0 saturated carbocycles. The Labute approximate surface area is 163 Å². The standard InChI is InChI=1S/C19H22N2O6S/c1-19(2)11-26-18(23)15(19)27-17(22)12-7-9-21(10-8-12)16-13-5-3-4-6-14(13)28(24,25)20-16/h3-6,12,15H,7-11H2,1-2H3/t15-/m0/s1. The fourth-order valence-corrected chi connectivity index (χ4v) is 5.02. The summed E-state index contributed by atoms with van der Waals surface area (Å²) in [4.78, 5) is 26.5. The van der Waals surface area contributed by atoms with Gasteiger partial charge in [-0.1, -0.05) is 26.0 Å². The molecule has 9 heteroatoms. The Morgan fingerprint density at radius 3 is 2.57 bits per heavy atom. The summed E-state index contributed by atoms with van der Waals surface area (Å²) in [6, 6.07) is 6.74. The first kappa shape index (κ1) is 18.9. The van der Waals surface area contributed by atoms with Crippen LogP contribution in [0.3, 0.4) is 0 Å². The summed E-state index contributed by atoms with van der Waals surface area (Å²) in [6.07, 6.45) is 0.124. The highest BCUT2D eigenvalue weighted by Crippen LogP contribution is 2.33. The van der Waals surface area contributed by atoms with E-state index in [4.69, 9.17) is 9.47 Å². The van der Waals surface area contributed by atoms with Crippen LogP contribution in [0.4, 0.5) is 0 Å². The molecule has 4 rings (SSSR count). The van der Waals surface area contributed by atoms with Gasteiger partial charge in [0.25, 0.3) is 10.0 Å². The molecule has 0 bridgehead atoms. The Bertz CT molecular complexity index is 960. The number of carbonyl (C=O) groups excluding carboxylic acids is 2. The van der Waals surface area contributed by atoms with Gasteiger partial charge in [-0.25, -0.2) is 4.79 Å². The molecule has 0 spiro atoms. The van der Waals surface area contributed by atoms with E-state index < -0.39 is 33.5 Å². The molecule has 0 unspecified atom stereocenters. The average molecular weight is 406 g/mol. The summed E-state index contributed by atoms with van der Waals surface area (Å²) in [6.45, 7) is 4.86. The molecule has 0 amide bonds. The van der Waals surface area contributed by atoms with Crippen LogP contribution in [-0.4, -0.2) is 56.9 Å². The monoisotopic (exact) mass is 406 g/mol. The first-order valence-electron chi connectivity index (χ1n) is 9.25. The van der Waals surface area contributed by atoms with Crippen LogP contribution in [0, 0.1) is 11.3 Å². The lowest BCUT2D eigenvalue weighted by molar-refractivity contribution is -0.167. The van der Waals surface area contributed by atoms with Crippen molar-refractivity contribution in [1.82, 2.24) is 4.90 Å². The van der Waals surface area contributed by atoms with Crippen LogP contribution in [0.5, 0.6) is 0 Å². The largest absolute Gasteiger partial charge is 0.462 e. The Balaban J connectivity index is 1.42. The number of esters is 2. The molecule has 2 saturated heterocycles. The van der Waals surface area contributed by atoms with Gasteiger partial charge in [0, 0.05) is 24.1 Å². The number of nitrogens with zero attached hydrogens (tertiary/aromatic N) is 2. The Kier molecular flexibility index (Phi) is 4.45. The second-order valence-corrected chi connectivity index (χ2v) is 9.63. The minimum absolute atomic E-state index is 0.216. The molecule has 2 fully saturated rings. The summed E-state index contributed by atoms with van der Waals surface area (Å²) in [5.74, 6) is -0.812. The van der Waals surface area contributed by atoms with Crippen molar-refractivity contribution in [3.05, 3.63) is 29.8 Å². The molecule has 1 aromatic rings. The van der Waals surface area contributed by atoms with Crippen LogP contribution in [0.25, 0.3) is 0 Å². The minimum Gasteiger partial charge on any atom is -0.462 e. The molecule has 3 aliphatic heterocycles. The van der Waals surface area contributed by atoms with E-state index in [0.29, 0.717) is 37.3 Å². The van der Waals surface area contributed by atoms with Gasteiger partial charge in [0.15, 0.2) is 5.84 Å². The van der Waals surface area contributed by atoms with Crippen LogP contribution < -0.4 is 0 Å². The lowest BCUT2D eigenvalue weighted by Crippen LogP contribution is -2.42. The summed E-state index contributed by atoms with van der Waals surface area (Å²) in [5.41, 5.74) is 0.0587. The molecule has 0 radical (unpaired) electrons. The Morgan fingerprint density at radius 1 is 1.25 bits per heavy atom. The third kappa shape index (κ3) is 3.17. The fraction of sp³-hybridized carbons (Fsp3) is 0.526. The second kappa shape index (κ2) is 6.58. The quantitative estimate of drug-likeness (QED) is 0.683. The van der Waals surface area contributed by atoms with E-state index in [9.17, 15) is 18.0 Å². The number of fused-ring (bicyclic) bond motifs is 1. The predicted molar refractivity (Wildman–Crippen MR) is 99.1 cm³/mol. The van der Waals surface area contributed by atoms with E-state index in [-0.39, 0.29) is 17.4 Å². The molecule has 28 heavy (non-hydrogen) atoms. The lowest BCUT2D eigenvalue weighted by atomic mass is 9.89. The summed E-state index contributed by atoms with van der Waals surface area (Å²) in [5, 5.41) is 0. The van der Waals surface area contributed by atoms with Crippen molar-refractivity contribution in [2.24, 2.45) is 15.7 Å². The first-order chi connectivity index (χ1) is 13.2. The predicted octanol–water partition coefficient (Wildman–Crippen LogP) is 1.34. The van der Waals surface area contributed by atoms with E-state index >= 15 is 0 Å². The third-order valence-electron chi connectivity index (χ3n) is 5.48. The number of piperidine rings is 1. The number of hydrogen-bond donors (Lipinski definition) is 0. The molecule has 150 valence electrons. The second-order valence-electron chi connectivity index (χ2n) is 8.06. The highest BCUT2D eigenvalue weighted by molar-refractivity contribution is 7.90. The normalized spacial score (nSPS) is 25.8. The number of rotatable bonds is 2. The zero-order valence-corrected chi connectivity index (χ0v) is 16.6. The van der Waals surface area contributed by atoms with Crippen LogP contribution in [0.2, 0.25) is 0 Å². The number of carbonyl (C=O) groups is 2. The van der Waals surface area contributed by atoms with Crippen LogP contribution in [0.15, 0.2) is 33.6 Å². The SMILES string of the molecule is CC1(C)COC(=O)[C@@H]1OC(=O)C1CCN(C2=NS(=O)(=O)c3ccccc32)CC1. The maximum absolute atomic E-state index is 12.5. The van der Waals surface area contributed by atoms with Crippen molar-refractivity contribution in [2.45, 2.75) is 37.7 Å². The average Bonchev–Trinajstić information content (AvgIpc) is 3.09. The molecular formula is C19H22N2O6S. The van der Waals surface area contributed by atoms with Crippen LogP contribution >= 0.6 is 0 Å². The van der Waals surface area contributed by atoms with E-state index in [1.54, 1.807) is 24.3 Å². The van der Waals surface area contributed by atoms with E-state index in [1.165, 1.54) is 0 Å². The van der Waals surface area contributed by atoms with E-state index in [2.05, 4.69) is 4.40 Å². The molecule has 3 aliphatic rings. The maximum Gasteiger partial charge on any atom is 0.348 e. The van der Waals surface area contributed by atoms with Crippen molar-refractivity contribution in [3.63, 3.8) is 0 Å². The lowest BCUT2D eigenvalue weighted by Gasteiger charge is -2.33. The van der Waals surface area contributed by atoms with Crippen molar-refractivity contribution in [1.29, 1.82) is 0 Å². The zero-order chi connectivity index (χ0) is 20.1. The summed E-state index contributed by atoms with van der Waals surface area (Å²) >= 11 is 0. The molecule has 0 N–H and O–H groups in total. The maximum atomic E-state index is 12.5. The van der Waals surface area contributed by atoms with Crippen molar-refractivity contribution in [2.75, 3.05) is 19.7 Å². The molecule has 8 nitrogen and oxygen atoms in total. The molecule has 0 aromatic heterocycles. The number of likely N-dealkylation sites (tertiary alicyclic amines) is 1. The summed E-state index contributed by atoms with van der Waals surface area (Å²) < 4.78 is 38.9. The molecular weight excluding hydrogens is 384 g/mol. The first-order valence-corrected chi connectivity index (χ1v) is 10.7. The Morgan fingerprint density at radius 2 is 1.93 bits per heavy atom. The van der Waals surface area contributed by atoms with Crippen LogP contribution in [-0.2, 0) is 29.1 Å². The minimum atomic E-state index is -3.67. The summed E-state index contributed by atoms with van der Waals surface area (Å²) in [7, 11) is -3.67. The molecule has 1 atom stereocenters. The van der Waals surface area contributed by atoms with Gasteiger partial charge < -0.3 is 14.4 Å². The topological polar surface area (TPSA) is 102 Å². The smallest absolute Gasteiger partial charge is 0.348 e.